The number of nitrogens with one attached hydrogen (secondary N) is 2. The maximum absolute atomic E-state index is 12.1. The van der Waals surface area contributed by atoms with Gasteiger partial charge in [-0.2, -0.15) is 0 Å². The molecule has 0 fully saturated rings. The summed E-state index contributed by atoms with van der Waals surface area (Å²) in [4.78, 5) is 22.3. The summed E-state index contributed by atoms with van der Waals surface area (Å²) >= 11 is 4.18. The fraction of sp³-hybridized carbons (Fsp3) is 0.133. The smallest absolute Gasteiger partial charge is 0.269 e. The third kappa shape index (κ3) is 5.02. The van der Waals surface area contributed by atoms with Crippen molar-refractivity contribution in [2.24, 2.45) is 0 Å². The molecule has 2 N–H and O–H groups in total. The number of non-ortho nitro benzene ring substituents is 1. The molecule has 0 aliphatic rings. The second-order valence-electron chi connectivity index (χ2n) is 4.92. The number of nitro groups is 1. The van der Waals surface area contributed by atoms with Crippen LogP contribution in [0.5, 0.6) is 0 Å². The van der Waals surface area contributed by atoms with Crippen LogP contribution < -0.4 is 10.0 Å². The Balaban J connectivity index is 1.89. The minimum absolute atomic E-state index is 0.0280. The van der Waals surface area contributed by atoms with E-state index in [1.807, 2.05) is 0 Å². The van der Waals surface area contributed by atoms with E-state index in [-0.39, 0.29) is 29.6 Å². The highest BCUT2D eigenvalue weighted by molar-refractivity contribution is 7.89. The third-order valence-electron chi connectivity index (χ3n) is 3.21. The topological polar surface area (TPSA) is 118 Å². The van der Waals surface area contributed by atoms with Crippen molar-refractivity contribution in [1.29, 1.82) is 0 Å². The van der Waals surface area contributed by atoms with Gasteiger partial charge in [-0.15, -0.1) is 12.6 Å². The van der Waals surface area contributed by atoms with Crippen molar-refractivity contribution < 1.29 is 18.1 Å². The van der Waals surface area contributed by atoms with E-state index in [1.165, 1.54) is 0 Å². The van der Waals surface area contributed by atoms with Crippen molar-refractivity contribution in [1.82, 2.24) is 10.0 Å². The largest absolute Gasteiger partial charge is 0.351 e. The molecule has 0 atom stereocenters. The number of nitro benzene ring substituents is 1. The quantitative estimate of drug-likeness (QED) is 0.291. The predicted molar refractivity (Wildman–Crippen MR) is 94.3 cm³/mol. The fourth-order valence-electron chi connectivity index (χ4n) is 1.95. The molecule has 0 unspecified atom stereocenters. The van der Waals surface area contributed by atoms with Crippen LogP contribution in [-0.2, 0) is 10.0 Å². The molecule has 132 valence electrons. The third-order valence-corrected chi connectivity index (χ3v) is 5.08. The Labute approximate surface area is 149 Å². The second-order valence-corrected chi connectivity index (χ2v) is 7.17. The number of benzene rings is 2. The Hall–Kier alpha value is -2.43. The Morgan fingerprint density at radius 1 is 1.08 bits per heavy atom. The van der Waals surface area contributed by atoms with Crippen molar-refractivity contribution in [3.63, 3.8) is 0 Å². The van der Waals surface area contributed by atoms with Gasteiger partial charge in [-0.25, -0.2) is 13.1 Å². The van der Waals surface area contributed by atoms with Crippen LogP contribution in [0.4, 0.5) is 5.69 Å². The van der Waals surface area contributed by atoms with Gasteiger partial charge in [0, 0.05) is 30.1 Å². The number of thiol groups is 1. The van der Waals surface area contributed by atoms with E-state index in [1.54, 1.807) is 24.3 Å². The van der Waals surface area contributed by atoms with Gasteiger partial charge in [0.1, 0.15) is 0 Å². The van der Waals surface area contributed by atoms with Gasteiger partial charge >= 0.3 is 0 Å². The summed E-state index contributed by atoms with van der Waals surface area (Å²) in [6.45, 7) is 0.0486. The van der Waals surface area contributed by atoms with Crippen molar-refractivity contribution in [2.75, 3.05) is 13.1 Å². The molecule has 0 aliphatic heterocycles. The van der Waals surface area contributed by atoms with E-state index in [4.69, 9.17) is 0 Å². The van der Waals surface area contributed by atoms with Gasteiger partial charge in [-0.1, -0.05) is 12.1 Å². The number of nitrogens with zero attached hydrogens (tertiary/aromatic N) is 1. The summed E-state index contributed by atoms with van der Waals surface area (Å²) in [5.41, 5.74) is 0.195. The summed E-state index contributed by atoms with van der Waals surface area (Å²) in [7, 11) is -3.81. The number of rotatable bonds is 7. The zero-order chi connectivity index (χ0) is 18.4. The Kier molecular flexibility index (Phi) is 6.12. The molecule has 0 aliphatic carbocycles. The highest BCUT2D eigenvalue weighted by Crippen LogP contribution is 2.15. The van der Waals surface area contributed by atoms with E-state index in [9.17, 15) is 23.3 Å². The average Bonchev–Trinajstić information content (AvgIpc) is 2.59. The van der Waals surface area contributed by atoms with Gasteiger partial charge in [-0.05, 0) is 24.3 Å². The summed E-state index contributed by atoms with van der Waals surface area (Å²) in [5.74, 6) is -0.361. The maximum Gasteiger partial charge on any atom is 0.269 e. The van der Waals surface area contributed by atoms with E-state index in [2.05, 4.69) is 22.7 Å². The fourth-order valence-corrected chi connectivity index (χ4v) is 3.25. The van der Waals surface area contributed by atoms with Crippen LogP contribution in [0.3, 0.4) is 0 Å². The highest BCUT2D eigenvalue weighted by Gasteiger charge is 2.15. The predicted octanol–water partition coefficient (Wildman–Crippen LogP) is 1.59. The van der Waals surface area contributed by atoms with Crippen LogP contribution in [-0.4, -0.2) is 32.3 Å². The molecule has 2 aromatic carbocycles. The molecule has 0 saturated carbocycles. The molecule has 0 spiro atoms. The molecule has 0 radical (unpaired) electrons. The Morgan fingerprint density at radius 2 is 1.72 bits per heavy atom. The summed E-state index contributed by atoms with van der Waals surface area (Å²) in [6.07, 6.45) is 0. The van der Waals surface area contributed by atoms with Crippen molar-refractivity contribution in [3.8, 4) is 0 Å². The zero-order valence-electron chi connectivity index (χ0n) is 12.9. The zero-order valence-corrected chi connectivity index (χ0v) is 14.6. The number of sulfonamides is 1. The first-order chi connectivity index (χ1) is 11.8. The first-order valence-electron chi connectivity index (χ1n) is 7.11. The van der Waals surface area contributed by atoms with Crippen LogP contribution >= 0.6 is 12.6 Å². The van der Waals surface area contributed by atoms with Gasteiger partial charge in [0.2, 0.25) is 10.0 Å². The van der Waals surface area contributed by atoms with Gasteiger partial charge < -0.3 is 5.32 Å². The van der Waals surface area contributed by atoms with Crippen LogP contribution in [0.15, 0.2) is 58.3 Å². The van der Waals surface area contributed by atoms with Gasteiger partial charge in [0.05, 0.1) is 15.4 Å². The second kappa shape index (κ2) is 8.10. The number of carbonyl (C=O) groups excluding carboxylic acids is 1. The SMILES string of the molecule is O=C(NCCNS(=O)(=O)c1ccc([N+](=O)[O-])cc1)c1ccccc1S. The Bertz CT molecular complexity index is 882. The van der Waals surface area contributed by atoms with Gasteiger partial charge in [0.25, 0.3) is 11.6 Å². The molecule has 10 heteroatoms. The van der Waals surface area contributed by atoms with Gasteiger partial charge in [-0.3, -0.25) is 14.9 Å². The first-order valence-corrected chi connectivity index (χ1v) is 9.04. The number of amides is 1. The molecule has 1 amide bonds. The molecule has 0 aromatic heterocycles. The number of carbonyl (C=O) groups is 1. The molecule has 0 saturated heterocycles. The lowest BCUT2D eigenvalue weighted by molar-refractivity contribution is -0.384. The molecule has 2 aromatic rings. The summed E-state index contributed by atoms with van der Waals surface area (Å²) < 4.78 is 26.5. The minimum Gasteiger partial charge on any atom is -0.351 e. The lowest BCUT2D eigenvalue weighted by Crippen LogP contribution is -2.34. The van der Waals surface area contributed by atoms with Crippen molar-refractivity contribution in [3.05, 3.63) is 64.2 Å². The molecule has 0 heterocycles. The van der Waals surface area contributed by atoms with E-state index >= 15 is 0 Å². The molecular weight excluding hydrogens is 366 g/mol. The molecular formula is C15H15N3O5S2. The molecule has 0 bridgehead atoms. The van der Waals surface area contributed by atoms with Crippen LogP contribution in [0.25, 0.3) is 0 Å². The maximum atomic E-state index is 12.1. The normalized spacial score (nSPS) is 11.1. The minimum atomic E-state index is -3.81. The van der Waals surface area contributed by atoms with E-state index in [0.29, 0.717) is 10.5 Å². The number of hydrogen-bond donors (Lipinski definition) is 3. The average molecular weight is 381 g/mol. The lowest BCUT2D eigenvalue weighted by Gasteiger charge is -2.09. The molecule has 2 rings (SSSR count). The standard InChI is InChI=1S/C15H15N3O5S2/c19-15(13-3-1-2-4-14(13)24)16-9-10-17-25(22,23)12-7-5-11(6-8-12)18(20)21/h1-8,17,24H,9-10H2,(H,16,19). The first kappa shape index (κ1) is 18.9. The van der Waals surface area contributed by atoms with Crippen molar-refractivity contribution in [2.45, 2.75) is 9.79 Å². The summed E-state index contributed by atoms with van der Waals surface area (Å²) in [6, 6.07) is 11.3. The van der Waals surface area contributed by atoms with Gasteiger partial charge in [0.15, 0.2) is 0 Å². The molecule has 25 heavy (non-hydrogen) atoms. The van der Waals surface area contributed by atoms with Crippen LogP contribution in [0.1, 0.15) is 10.4 Å². The Morgan fingerprint density at radius 3 is 2.32 bits per heavy atom. The van der Waals surface area contributed by atoms with Crippen LogP contribution in [0, 0.1) is 10.1 Å². The molecule has 8 nitrogen and oxygen atoms in total. The van der Waals surface area contributed by atoms with Crippen LogP contribution in [0.2, 0.25) is 0 Å². The van der Waals surface area contributed by atoms with Crippen molar-refractivity contribution >= 4 is 34.2 Å². The highest BCUT2D eigenvalue weighted by atomic mass is 32.2. The monoisotopic (exact) mass is 381 g/mol. The van der Waals surface area contributed by atoms with E-state index < -0.39 is 14.9 Å². The van der Waals surface area contributed by atoms with E-state index in [0.717, 1.165) is 24.3 Å². The number of hydrogen-bond acceptors (Lipinski definition) is 6. The summed E-state index contributed by atoms with van der Waals surface area (Å²) in [5, 5.41) is 13.2. The lowest BCUT2D eigenvalue weighted by atomic mass is 10.2.